The minimum absolute atomic E-state index is 0.173. The summed E-state index contributed by atoms with van der Waals surface area (Å²) < 4.78 is 18.8. The van der Waals surface area contributed by atoms with Gasteiger partial charge in [0.05, 0.1) is 11.1 Å². The second-order valence-electron chi connectivity index (χ2n) is 4.76. The topological polar surface area (TPSA) is 29.5 Å². The highest BCUT2D eigenvalue weighted by Crippen LogP contribution is 2.28. The SMILES string of the molecule is COCC(O)(Cc1ccc(F)c(Br)c1)c1ccccc1. The predicted octanol–water partition coefficient (Wildman–Crippen LogP) is 3.66. The first-order chi connectivity index (χ1) is 9.55. The molecule has 0 fully saturated rings. The summed E-state index contributed by atoms with van der Waals surface area (Å²) in [5, 5.41) is 10.9. The van der Waals surface area contributed by atoms with Crippen LogP contribution in [-0.2, 0) is 16.8 Å². The van der Waals surface area contributed by atoms with E-state index in [2.05, 4.69) is 15.9 Å². The molecule has 0 saturated heterocycles. The lowest BCUT2D eigenvalue weighted by Crippen LogP contribution is -2.33. The fourth-order valence-electron chi connectivity index (χ4n) is 2.21. The number of hydrogen-bond acceptors (Lipinski definition) is 2. The number of ether oxygens (including phenoxy) is 1. The van der Waals surface area contributed by atoms with Gasteiger partial charge < -0.3 is 9.84 Å². The highest BCUT2D eigenvalue weighted by atomic mass is 79.9. The van der Waals surface area contributed by atoms with Gasteiger partial charge in [-0.1, -0.05) is 36.4 Å². The summed E-state index contributed by atoms with van der Waals surface area (Å²) in [4.78, 5) is 0. The summed E-state index contributed by atoms with van der Waals surface area (Å²) in [5.74, 6) is -0.316. The summed E-state index contributed by atoms with van der Waals surface area (Å²) in [6.07, 6.45) is 0.351. The van der Waals surface area contributed by atoms with Crippen LogP contribution in [0.25, 0.3) is 0 Å². The lowest BCUT2D eigenvalue weighted by atomic mass is 9.88. The number of rotatable bonds is 5. The van der Waals surface area contributed by atoms with E-state index in [0.717, 1.165) is 11.1 Å². The van der Waals surface area contributed by atoms with Crippen molar-refractivity contribution in [3.05, 3.63) is 69.9 Å². The molecular weight excluding hydrogens is 323 g/mol. The Morgan fingerprint density at radius 3 is 2.50 bits per heavy atom. The molecule has 2 aromatic rings. The first-order valence-corrected chi connectivity index (χ1v) is 7.05. The van der Waals surface area contributed by atoms with Crippen LogP contribution in [0.15, 0.2) is 53.0 Å². The van der Waals surface area contributed by atoms with Crippen LogP contribution in [0.1, 0.15) is 11.1 Å². The molecule has 0 heterocycles. The molecule has 106 valence electrons. The first-order valence-electron chi connectivity index (χ1n) is 6.26. The first kappa shape index (κ1) is 15.2. The van der Waals surface area contributed by atoms with Crippen LogP contribution in [0.4, 0.5) is 4.39 Å². The normalized spacial score (nSPS) is 14.0. The standard InChI is InChI=1S/C16H16BrFO2/c1-20-11-16(19,13-5-3-2-4-6-13)10-12-7-8-15(18)14(17)9-12/h2-9,19H,10-11H2,1H3. The van der Waals surface area contributed by atoms with Crippen LogP contribution in [0.5, 0.6) is 0 Å². The fourth-order valence-corrected chi connectivity index (χ4v) is 2.64. The smallest absolute Gasteiger partial charge is 0.137 e. The van der Waals surface area contributed by atoms with Gasteiger partial charge >= 0.3 is 0 Å². The Balaban J connectivity index is 2.31. The zero-order valence-electron chi connectivity index (χ0n) is 11.1. The molecule has 0 aliphatic heterocycles. The monoisotopic (exact) mass is 338 g/mol. The molecule has 1 atom stereocenters. The molecule has 0 radical (unpaired) electrons. The molecule has 0 aliphatic rings. The van der Waals surface area contributed by atoms with Crippen LogP contribution in [0.2, 0.25) is 0 Å². The van der Waals surface area contributed by atoms with E-state index in [1.54, 1.807) is 19.2 Å². The van der Waals surface area contributed by atoms with E-state index in [1.807, 2.05) is 30.3 Å². The highest BCUT2D eigenvalue weighted by molar-refractivity contribution is 9.10. The van der Waals surface area contributed by atoms with Gasteiger partial charge in [0.25, 0.3) is 0 Å². The fraction of sp³-hybridized carbons (Fsp3) is 0.250. The van der Waals surface area contributed by atoms with Crippen molar-refractivity contribution in [1.29, 1.82) is 0 Å². The molecule has 20 heavy (non-hydrogen) atoms. The van der Waals surface area contributed by atoms with E-state index in [9.17, 15) is 9.50 Å². The van der Waals surface area contributed by atoms with E-state index in [1.165, 1.54) is 6.07 Å². The summed E-state index contributed by atoms with van der Waals surface area (Å²) in [5.41, 5.74) is 0.483. The Kier molecular flexibility index (Phi) is 4.91. The molecule has 2 aromatic carbocycles. The van der Waals surface area contributed by atoms with Gasteiger partial charge in [-0.05, 0) is 39.2 Å². The predicted molar refractivity (Wildman–Crippen MR) is 80.0 cm³/mol. The third-order valence-corrected chi connectivity index (χ3v) is 3.78. The Bertz CT molecular complexity index is 574. The number of halogens is 2. The minimum atomic E-state index is -1.13. The molecule has 0 aliphatic carbocycles. The number of methoxy groups -OCH3 is 1. The maximum Gasteiger partial charge on any atom is 0.137 e. The molecule has 0 aromatic heterocycles. The van der Waals surface area contributed by atoms with Crippen molar-refractivity contribution in [2.45, 2.75) is 12.0 Å². The number of hydrogen-bond donors (Lipinski definition) is 1. The Hall–Kier alpha value is -1.23. The maximum absolute atomic E-state index is 13.3. The van der Waals surface area contributed by atoms with Crippen molar-refractivity contribution in [2.75, 3.05) is 13.7 Å². The van der Waals surface area contributed by atoms with Crippen molar-refractivity contribution in [1.82, 2.24) is 0 Å². The molecule has 1 unspecified atom stereocenters. The molecule has 1 N–H and O–H groups in total. The number of aliphatic hydroxyl groups is 1. The van der Waals surface area contributed by atoms with Crippen molar-refractivity contribution in [3.63, 3.8) is 0 Å². The lowest BCUT2D eigenvalue weighted by Gasteiger charge is -2.28. The summed E-state index contributed by atoms with van der Waals surface area (Å²) in [6.45, 7) is 0.173. The third-order valence-electron chi connectivity index (χ3n) is 3.17. The van der Waals surface area contributed by atoms with E-state index in [0.29, 0.717) is 10.9 Å². The van der Waals surface area contributed by atoms with Crippen molar-refractivity contribution < 1.29 is 14.2 Å². The van der Waals surface area contributed by atoms with Gasteiger partial charge in [-0.2, -0.15) is 0 Å². The average Bonchev–Trinajstić information content (AvgIpc) is 2.44. The highest BCUT2D eigenvalue weighted by Gasteiger charge is 2.29. The van der Waals surface area contributed by atoms with Crippen LogP contribution in [0.3, 0.4) is 0 Å². The maximum atomic E-state index is 13.3. The molecule has 2 rings (SSSR count). The van der Waals surface area contributed by atoms with Gasteiger partial charge in [-0.15, -0.1) is 0 Å². The van der Waals surface area contributed by atoms with Crippen LogP contribution >= 0.6 is 15.9 Å². The Morgan fingerprint density at radius 2 is 1.90 bits per heavy atom. The molecule has 0 saturated carbocycles. The lowest BCUT2D eigenvalue weighted by molar-refractivity contribution is -0.0355. The molecule has 2 nitrogen and oxygen atoms in total. The summed E-state index contributed by atoms with van der Waals surface area (Å²) in [6, 6.07) is 14.1. The van der Waals surface area contributed by atoms with Crippen molar-refractivity contribution in [2.24, 2.45) is 0 Å². The molecule has 0 bridgehead atoms. The Morgan fingerprint density at radius 1 is 1.20 bits per heavy atom. The van der Waals surface area contributed by atoms with Crippen LogP contribution in [0, 0.1) is 5.82 Å². The van der Waals surface area contributed by atoms with Crippen molar-refractivity contribution >= 4 is 15.9 Å². The zero-order valence-corrected chi connectivity index (χ0v) is 12.7. The van der Waals surface area contributed by atoms with Gasteiger partial charge in [0.1, 0.15) is 11.4 Å². The van der Waals surface area contributed by atoms with Crippen LogP contribution in [-0.4, -0.2) is 18.8 Å². The van der Waals surface area contributed by atoms with Crippen LogP contribution < -0.4 is 0 Å². The van der Waals surface area contributed by atoms with E-state index in [-0.39, 0.29) is 12.4 Å². The minimum Gasteiger partial charge on any atom is -0.382 e. The van der Waals surface area contributed by atoms with E-state index < -0.39 is 5.60 Å². The second-order valence-corrected chi connectivity index (χ2v) is 5.61. The molecule has 4 heteroatoms. The van der Waals surface area contributed by atoms with Gasteiger partial charge in [0, 0.05) is 13.5 Å². The van der Waals surface area contributed by atoms with Crippen molar-refractivity contribution in [3.8, 4) is 0 Å². The quantitative estimate of drug-likeness (QED) is 0.901. The summed E-state index contributed by atoms with van der Waals surface area (Å²) >= 11 is 3.16. The average molecular weight is 339 g/mol. The Labute approximate surface area is 126 Å². The van der Waals surface area contributed by atoms with Gasteiger partial charge in [0.15, 0.2) is 0 Å². The number of benzene rings is 2. The molecule has 0 spiro atoms. The third kappa shape index (κ3) is 3.45. The summed E-state index contributed by atoms with van der Waals surface area (Å²) in [7, 11) is 1.55. The second kappa shape index (κ2) is 6.48. The van der Waals surface area contributed by atoms with Gasteiger partial charge in [-0.25, -0.2) is 4.39 Å². The zero-order chi connectivity index (χ0) is 14.6. The van der Waals surface area contributed by atoms with Gasteiger partial charge in [0.2, 0.25) is 0 Å². The molecular formula is C16H16BrFO2. The largest absolute Gasteiger partial charge is 0.382 e. The van der Waals surface area contributed by atoms with Gasteiger partial charge in [-0.3, -0.25) is 0 Å². The van der Waals surface area contributed by atoms with E-state index in [4.69, 9.17) is 4.74 Å². The van der Waals surface area contributed by atoms with E-state index >= 15 is 0 Å². The molecule has 0 amide bonds.